The SMILES string of the molecule is Cc1ccccc1NC(=O)/C(=C\c1ccc([N+](=O)[O-])cc1)NC(=O)c1ccccc1Br. The van der Waals surface area contributed by atoms with E-state index in [4.69, 9.17) is 0 Å². The molecule has 8 heteroatoms. The van der Waals surface area contributed by atoms with Gasteiger partial charge in [0.1, 0.15) is 5.70 Å². The first-order valence-electron chi connectivity index (χ1n) is 9.24. The van der Waals surface area contributed by atoms with Crippen molar-refractivity contribution < 1.29 is 14.5 Å². The molecule has 2 amide bonds. The number of hydrogen-bond donors (Lipinski definition) is 2. The van der Waals surface area contributed by atoms with Crippen molar-refractivity contribution in [3.8, 4) is 0 Å². The largest absolute Gasteiger partial charge is 0.320 e. The van der Waals surface area contributed by atoms with Crippen LogP contribution in [0.2, 0.25) is 0 Å². The Morgan fingerprint density at radius 3 is 2.26 bits per heavy atom. The second kappa shape index (κ2) is 9.82. The molecule has 0 aliphatic rings. The lowest BCUT2D eigenvalue weighted by atomic mass is 10.1. The summed E-state index contributed by atoms with van der Waals surface area (Å²) in [7, 11) is 0. The molecule has 0 spiro atoms. The summed E-state index contributed by atoms with van der Waals surface area (Å²) < 4.78 is 0.585. The smallest absolute Gasteiger partial charge is 0.272 e. The number of non-ortho nitro benzene ring substituents is 1. The molecule has 3 aromatic rings. The molecule has 0 saturated heterocycles. The highest BCUT2D eigenvalue weighted by Gasteiger charge is 2.17. The van der Waals surface area contributed by atoms with Gasteiger partial charge in [-0.1, -0.05) is 30.3 Å². The molecule has 7 nitrogen and oxygen atoms in total. The summed E-state index contributed by atoms with van der Waals surface area (Å²) in [4.78, 5) is 36.1. The summed E-state index contributed by atoms with van der Waals surface area (Å²) >= 11 is 3.33. The third-order valence-corrected chi connectivity index (χ3v) is 5.11. The van der Waals surface area contributed by atoms with Crippen molar-refractivity contribution in [3.05, 3.63) is 110 Å². The molecule has 3 aromatic carbocycles. The first-order chi connectivity index (χ1) is 14.8. The van der Waals surface area contributed by atoms with E-state index in [0.29, 0.717) is 21.3 Å². The highest BCUT2D eigenvalue weighted by molar-refractivity contribution is 9.10. The van der Waals surface area contributed by atoms with Crippen LogP contribution in [0.4, 0.5) is 11.4 Å². The fourth-order valence-corrected chi connectivity index (χ4v) is 3.22. The summed E-state index contributed by atoms with van der Waals surface area (Å²) in [6.07, 6.45) is 1.46. The van der Waals surface area contributed by atoms with Crippen molar-refractivity contribution >= 4 is 45.2 Å². The molecule has 0 aromatic heterocycles. The normalized spacial score (nSPS) is 11.0. The Morgan fingerprint density at radius 1 is 0.968 bits per heavy atom. The second-order valence-electron chi connectivity index (χ2n) is 6.61. The van der Waals surface area contributed by atoms with Gasteiger partial charge in [-0.25, -0.2) is 0 Å². The van der Waals surface area contributed by atoms with Crippen LogP contribution in [0.25, 0.3) is 6.08 Å². The number of hydrogen-bond acceptors (Lipinski definition) is 4. The lowest BCUT2D eigenvalue weighted by Gasteiger charge is -2.13. The van der Waals surface area contributed by atoms with Gasteiger partial charge in [-0.3, -0.25) is 19.7 Å². The number of carbonyl (C=O) groups excluding carboxylic acids is 2. The number of nitrogens with zero attached hydrogens (tertiary/aromatic N) is 1. The molecule has 0 saturated carbocycles. The maximum Gasteiger partial charge on any atom is 0.272 e. The van der Waals surface area contributed by atoms with E-state index >= 15 is 0 Å². The van der Waals surface area contributed by atoms with E-state index in [2.05, 4.69) is 26.6 Å². The van der Waals surface area contributed by atoms with Crippen LogP contribution < -0.4 is 10.6 Å². The van der Waals surface area contributed by atoms with Gasteiger partial charge in [-0.2, -0.15) is 0 Å². The number of anilines is 1. The quantitative estimate of drug-likeness (QED) is 0.292. The van der Waals surface area contributed by atoms with Crippen LogP contribution in [0.15, 0.2) is 83.0 Å². The Kier molecular flexibility index (Phi) is 6.94. The van der Waals surface area contributed by atoms with E-state index in [1.807, 2.05) is 19.1 Å². The van der Waals surface area contributed by atoms with Crippen molar-refractivity contribution in [1.29, 1.82) is 0 Å². The van der Waals surface area contributed by atoms with Crippen LogP contribution in [0.5, 0.6) is 0 Å². The zero-order valence-electron chi connectivity index (χ0n) is 16.5. The zero-order valence-corrected chi connectivity index (χ0v) is 18.0. The average molecular weight is 480 g/mol. The zero-order chi connectivity index (χ0) is 22.4. The van der Waals surface area contributed by atoms with Gasteiger partial charge in [0, 0.05) is 22.3 Å². The van der Waals surface area contributed by atoms with Crippen molar-refractivity contribution in [1.82, 2.24) is 5.32 Å². The molecule has 0 radical (unpaired) electrons. The standard InChI is InChI=1S/C23H18BrN3O4/c1-15-6-2-5-9-20(15)25-23(29)21(14-16-10-12-17(13-11-16)27(30)31)26-22(28)18-7-3-4-8-19(18)24/h2-14H,1H3,(H,25,29)(H,26,28)/b21-14+. The van der Waals surface area contributed by atoms with Gasteiger partial charge in [-0.05, 0) is 70.4 Å². The lowest BCUT2D eigenvalue weighted by molar-refractivity contribution is -0.384. The monoisotopic (exact) mass is 479 g/mol. The number of amides is 2. The summed E-state index contributed by atoms with van der Waals surface area (Å²) in [5.41, 5.74) is 2.28. The summed E-state index contributed by atoms with van der Waals surface area (Å²) in [5, 5.41) is 16.3. The lowest BCUT2D eigenvalue weighted by Crippen LogP contribution is -2.31. The summed E-state index contributed by atoms with van der Waals surface area (Å²) in [6.45, 7) is 1.86. The van der Waals surface area contributed by atoms with Gasteiger partial charge in [0.25, 0.3) is 17.5 Å². The van der Waals surface area contributed by atoms with Crippen molar-refractivity contribution in [2.24, 2.45) is 0 Å². The molecule has 156 valence electrons. The highest BCUT2D eigenvalue weighted by atomic mass is 79.9. The predicted molar refractivity (Wildman–Crippen MR) is 122 cm³/mol. The van der Waals surface area contributed by atoms with Gasteiger partial charge >= 0.3 is 0 Å². The molecular formula is C23H18BrN3O4. The first kappa shape index (κ1) is 21.9. The maximum atomic E-state index is 13.0. The van der Waals surface area contributed by atoms with Gasteiger partial charge in [0.2, 0.25) is 0 Å². The van der Waals surface area contributed by atoms with Crippen LogP contribution in [0.3, 0.4) is 0 Å². The van der Waals surface area contributed by atoms with Crippen LogP contribution >= 0.6 is 15.9 Å². The van der Waals surface area contributed by atoms with E-state index < -0.39 is 16.7 Å². The Hall–Kier alpha value is -3.78. The molecule has 31 heavy (non-hydrogen) atoms. The number of halogens is 1. The number of nitro groups is 1. The Balaban J connectivity index is 1.93. The maximum absolute atomic E-state index is 13.0. The van der Waals surface area contributed by atoms with Crippen LogP contribution in [-0.2, 0) is 4.79 Å². The topological polar surface area (TPSA) is 101 Å². The van der Waals surface area contributed by atoms with Crippen molar-refractivity contribution in [2.75, 3.05) is 5.32 Å². The van der Waals surface area contributed by atoms with Gasteiger partial charge in [0.05, 0.1) is 10.5 Å². The number of nitrogens with one attached hydrogen (secondary N) is 2. The molecule has 0 unspecified atom stereocenters. The average Bonchev–Trinajstić information content (AvgIpc) is 2.75. The van der Waals surface area contributed by atoms with Gasteiger partial charge < -0.3 is 10.6 Å². The molecule has 0 fully saturated rings. The minimum atomic E-state index is -0.520. The molecular weight excluding hydrogens is 462 g/mol. The number of nitro benzene ring substituents is 1. The van der Waals surface area contributed by atoms with E-state index in [-0.39, 0.29) is 11.4 Å². The molecule has 2 N–H and O–H groups in total. The molecule has 0 heterocycles. The van der Waals surface area contributed by atoms with Crippen LogP contribution in [-0.4, -0.2) is 16.7 Å². The fourth-order valence-electron chi connectivity index (χ4n) is 2.76. The minimum absolute atomic E-state index is 0.00198. The third-order valence-electron chi connectivity index (χ3n) is 4.42. The van der Waals surface area contributed by atoms with Gasteiger partial charge in [-0.15, -0.1) is 0 Å². The number of rotatable bonds is 6. The number of carbonyl (C=O) groups is 2. The molecule has 0 aliphatic heterocycles. The minimum Gasteiger partial charge on any atom is -0.320 e. The van der Waals surface area contributed by atoms with E-state index in [1.165, 1.54) is 30.3 Å². The fraction of sp³-hybridized carbons (Fsp3) is 0.0435. The predicted octanol–water partition coefficient (Wildman–Crippen LogP) is 5.08. The Morgan fingerprint density at radius 2 is 1.61 bits per heavy atom. The number of para-hydroxylation sites is 1. The van der Waals surface area contributed by atoms with E-state index in [0.717, 1.165) is 5.56 Å². The first-order valence-corrected chi connectivity index (χ1v) is 10.0. The molecule has 0 bridgehead atoms. The second-order valence-corrected chi connectivity index (χ2v) is 7.46. The molecule has 3 rings (SSSR count). The molecule has 0 aliphatic carbocycles. The molecule has 0 atom stereocenters. The number of aryl methyl sites for hydroxylation is 1. The summed E-state index contributed by atoms with van der Waals surface area (Å²) in [6, 6.07) is 19.8. The third kappa shape index (κ3) is 5.64. The van der Waals surface area contributed by atoms with Crippen molar-refractivity contribution in [3.63, 3.8) is 0 Å². The van der Waals surface area contributed by atoms with E-state index in [1.54, 1.807) is 36.4 Å². The Bertz CT molecular complexity index is 1170. The highest BCUT2D eigenvalue weighted by Crippen LogP contribution is 2.19. The number of benzene rings is 3. The van der Waals surface area contributed by atoms with Crippen molar-refractivity contribution in [2.45, 2.75) is 6.92 Å². The van der Waals surface area contributed by atoms with Crippen LogP contribution in [0.1, 0.15) is 21.5 Å². The Labute approximate surface area is 187 Å². The van der Waals surface area contributed by atoms with E-state index in [9.17, 15) is 19.7 Å². The summed E-state index contributed by atoms with van der Waals surface area (Å²) in [5.74, 6) is -0.992. The van der Waals surface area contributed by atoms with Gasteiger partial charge in [0.15, 0.2) is 0 Å². The van der Waals surface area contributed by atoms with Crippen LogP contribution in [0, 0.1) is 17.0 Å².